The van der Waals surface area contributed by atoms with E-state index in [2.05, 4.69) is 11.8 Å². The molecule has 2 aliphatic heterocycles. The molecule has 6 nitrogen and oxygen atoms in total. The number of carbonyl (C=O) groups is 1. The summed E-state index contributed by atoms with van der Waals surface area (Å²) < 4.78 is 23.8. The maximum atomic E-state index is 15.0. The van der Waals surface area contributed by atoms with E-state index in [4.69, 9.17) is 16.3 Å². The number of fused-ring (bicyclic) bond motifs is 2. The molecule has 0 saturated carbocycles. The smallest absolute Gasteiger partial charge is 0.276 e. The Morgan fingerprint density at radius 1 is 1.25 bits per heavy atom. The standard InChI is InChI=1S/C20H19ClFN3O3/c1-3-4-7-23-15-10-13(14(22)11-16(15)28-12(2)19(23)26)17-18(21)24-8-5-6-9-25(24)20(17)27/h10-12H,5-9H2,1-2H3. The predicted molar refractivity (Wildman–Crippen MR) is 104 cm³/mol. The predicted octanol–water partition coefficient (Wildman–Crippen LogP) is 3.04. The zero-order valence-electron chi connectivity index (χ0n) is 15.6. The van der Waals surface area contributed by atoms with Crippen LogP contribution in [0.3, 0.4) is 0 Å². The highest BCUT2D eigenvalue weighted by Crippen LogP contribution is 2.40. The quantitative estimate of drug-likeness (QED) is 0.724. The fourth-order valence-corrected chi connectivity index (χ4v) is 4.05. The summed E-state index contributed by atoms with van der Waals surface area (Å²) >= 11 is 6.45. The van der Waals surface area contributed by atoms with Crippen LogP contribution in [0.5, 0.6) is 5.75 Å². The van der Waals surface area contributed by atoms with E-state index in [0.717, 1.165) is 12.8 Å². The van der Waals surface area contributed by atoms with Crippen molar-refractivity contribution in [1.29, 1.82) is 0 Å². The Hall–Kier alpha value is -2.72. The number of carbonyl (C=O) groups excluding carboxylic acids is 1. The molecule has 2 aliphatic rings. The second-order valence-corrected chi connectivity index (χ2v) is 7.19. The average molecular weight is 404 g/mol. The largest absolute Gasteiger partial charge is 0.479 e. The fraction of sp³-hybridized carbons (Fsp3) is 0.400. The molecule has 28 heavy (non-hydrogen) atoms. The molecule has 1 aromatic heterocycles. The van der Waals surface area contributed by atoms with Crippen LogP contribution in [0, 0.1) is 17.7 Å². The number of benzene rings is 1. The molecule has 0 saturated heterocycles. The van der Waals surface area contributed by atoms with E-state index in [1.165, 1.54) is 17.0 Å². The van der Waals surface area contributed by atoms with Gasteiger partial charge in [0.05, 0.1) is 17.8 Å². The maximum absolute atomic E-state index is 15.0. The molecule has 146 valence electrons. The number of aromatic nitrogens is 2. The Labute approximate surface area is 166 Å². The fourth-order valence-electron chi connectivity index (χ4n) is 3.69. The Kier molecular flexibility index (Phi) is 4.68. The average Bonchev–Trinajstić information content (AvgIpc) is 2.93. The minimum absolute atomic E-state index is 0.0589. The van der Waals surface area contributed by atoms with Crippen LogP contribution in [-0.4, -0.2) is 27.9 Å². The molecule has 1 atom stereocenters. The first-order valence-corrected chi connectivity index (χ1v) is 9.52. The third-order valence-corrected chi connectivity index (χ3v) is 5.49. The topological polar surface area (TPSA) is 56.5 Å². The summed E-state index contributed by atoms with van der Waals surface area (Å²) in [7, 11) is 0. The van der Waals surface area contributed by atoms with Gasteiger partial charge in [-0.25, -0.2) is 9.07 Å². The highest BCUT2D eigenvalue weighted by molar-refractivity contribution is 6.32. The first-order chi connectivity index (χ1) is 13.4. The summed E-state index contributed by atoms with van der Waals surface area (Å²) in [5.41, 5.74) is 0.215. The van der Waals surface area contributed by atoms with Gasteiger partial charge in [-0.05, 0) is 32.8 Å². The number of anilines is 1. The van der Waals surface area contributed by atoms with Crippen LogP contribution in [-0.2, 0) is 17.9 Å². The summed E-state index contributed by atoms with van der Waals surface area (Å²) in [6.07, 6.45) is 1.03. The van der Waals surface area contributed by atoms with Gasteiger partial charge in [0.25, 0.3) is 11.5 Å². The lowest BCUT2D eigenvalue weighted by Crippen LogP contribution is -2.44. The molecular formula is C20H19ClFN3O3. The van der Waals surface area contributed by atoms with E-state index >= 15 is 0 Å². The number of amides is 1. The number of hydrogen-bond donors (Lipinski definition) is 0. The van der Waals surface area contributed by atoms with Crippen LogP contribution in [0.2, 0.25) is 5.15 Å². The van der Waals surface area contributed by atoms with E-state index in [-0.39, 0.29) is 40.0 Å². The van der Waals surface area contributed by atoms with Gasteiger partial charge in [0.1, 0.15) is 16.7 Å². The van der Waals surface area contributed by atoms with E-state index < -0.39 is 11.9 Å². The number of halogens is 2. The van der Waals surface area contributed by atoms with Crippen molar-refractivity contribution in [2.24, 2.45) is 0 Å². The lowest BCUT2D eigenvalue weighted by atomic mass is 10.0. The van der Waals surface area contributed by atoms with Crippen LogP contribution in [0.25, 0.3) is 11.1 Å². The zero-order valence-corrected chi connectivity index (χ0v) is 16.3. The summed E-state index contributed by atoms with van der Waals surface area (Å²) in [5, 5.41) is 0.208. The molecule has 0 spiro atoms. The lowest BCUT2D eigenvalue weighted by molar-refractivity contribution is -0.125. The maximum Gasteiger partial charge on any atom is 0.276 e. The van der Waals surface area contributed by atoms with E-state index in [0.29, 0.717) is 18.8 Å². The van der Waals surface area contributed by atoms with Gasteiger partial charge in [-0.3, -0.25) is 19.2 Å². The Balaban J connectivity index is 1.91. The molecule has 1 amide bonds. The lowest BCUT2D eigenvalue weighted by Gasteiger charge is -2.32. The summed E-state index contributed by atoms with van der Waals surface area (Å²) in [6.45, 7) is 4.59. The Morgan fingerprint density at radius 3 is 2.64 bits per heavy atom. The van der Waals surface area contributed by atoms with Crippen molar-refractivity contribution < 1.29 is 13.9 Å². The molecule has 4 rings (SSSR count). The van der Waals surface area contributed by atoms with Crippen molar-refractivity contribution in [3.05, 3.63) is 33.5 Å². The Morgan fingerprint density at radius 2 is 1.96 bits per heavy atom. The third-order valence-electron chi connectivity index (χ3n) is 5.10. The second-order valence-electron chi connectivity index (χ2n) is 6.84. The molecule has 0 fully saturated rings. The first-order valence-electron chi connectivity index (χ1n) is 9.14. The Bertz CT molecular complexity index is 1090. The molecule has 8 heteroatoms. The van der Waals surface area contributed by atoms with Crippen LogP contribution in [0.15, 0.2) is 16.9 Å². The first kappa shape index (κ1) is 18.6. The van der Waals surface area contributed by atoms with Crippen molar-refractivity contribution in [2.75, 3.05) is 11.4 Å². The van der Waals surface area contributed by atoms with Crippen LogP contribution >= 0.6 is 11.6 Å². The number of nitrogens with zero attached hydrogens (tertiary/aromatic N) is 3. The molecule has 3 heterocycles. The van der Waals surface area contributed by atoms with Crippen molar-refractivity contribution in [3.63, 3.8) is 0 Å². The highest BCUT2D eigenvalue weighted by Gasteiger charge is 2.33. The number of rotatable bonds is 2. The van der Waals surface area contributed by atoms with Gasteiger partial charge >= 0.3 is 0 Å². The molecule has 0 bridgehead atoms. The molecule has 1 unspecified atom stereocenters. The third kappa shape index (κ3) is 2.80. The van der Waals surface area contributed by atoms with Gasteiger partial charge < -0.3 is 4.74 Å². The zero-order chi connectivity index (χ0) is 20.0. The summed E-state index contributed by atoms with van der Waals surface area (Å²) in [6, 6.07) is 2.66. The molecule has 0 radical (unpaired) electrons. The van der Waals surface area contributed by atoms with Crippen molar-refractivity contribution in [2.45, 2.75) is 45.9 Å². The molecule has 0 N–H and O–H groups in total. The van der Waals surface area contributed by atoms with Gasteiger partial charge in [0, 0.05) is 24.7 Å². The van der Waals surface area contributed by atoms with E-state index in [1.807, 2.05) is 0 Å². The van der Waals surface area contributed by atoms with Gasteiger partial charge in [-0.15, -0.1) is 5.92 Å². The summed E-state index contributed by atoms with van der Waals surface area (Å²) in [5.74, 6) is 4.96. The van der Waals surface area contributed by atoms with Crippen LogP contribution < -0.4 is 15.2 Å². The molecule has 0 aliphatic carbocycles. The number of hydrogen-bond acceptors (Lipinski definition) is 3. The van der Waals surface area contributed by atoms with Gasteiger partial charge in [-0.1, -0.05) is 17.5 Å². The van der Waals surface area contributed by atoms with E-state index in [9.17, 15) is 14.0 Å². The molecular weight excluding hydrogens is 385 g/mol. The van der Waals surface area contributed by atoms with Gasteiger partial charge in [0.15, 0.2) is 6.10 Å². The minimum Gasteiger partial charge on any atom is -0.479 e. The van der Waals surface area contributed by atoms with Crippen LogP contribution in [0.1, 0.15) is 26.7 Å². The molecule has 2 aromatic rings. The normalized spacial score (nSPS) is 18.1. The van der Waals surface area contributed by atoms with Gasteiger partial charge in [-0.2, -0.15) is 0 Å². The second kappa shape index (κ2) is 7.02. The highest BCUT2D eigenvalue weighted by atomic mass is 35.5. The monoisotopic (exact) mass is 403 g/mol. The van der Waals surface area contributed by atoms with E-state index in [1.54, 1.807) is 23.2 Å². The van der Waals surface area contributed by atoms with Crippen molar-refractivity contribution >= 4 is 23.2 Å². The number of ether oxygens (including phenoxy) is 1. The summed E-state index contributed by atoms with van der Waals surface area (Å²) in [4.78, 5) is 26.9. The SMILES string of the molecule is CC#CCN1C(=O)C(C)Oc2cc(F)c(-c3c(Cl)n4n(c3=O)CCCC4)cc21. The van der Waals surface area contributed by atoms with Crippen molar-refractivity contribution in [3.8, 4) is 28.7 Å². The van der Waals surface area contributed by atoms with Crippen molar-refractivity contribution in [1.82, 2.24) is 9.36 Å². The molecule has 1 aromatic carbocycles. The minimum atomic E-state index is -0.743. The van der Waals surface area contributed by atoms with Gasteiger partial charge in [0.2, 0.25) is 0 Å². The van der Waals surface area contributed by atoms with Crippen LogP contribution in [0.4, 0.5) is 10.1 Å².